The molecule has 3 aromatic carbocycles. The number of anilines is 1. The lowest BCUT2D eigenvalue weighted by Gasteiger charge is -2.23. The fourth-order valence-corrected chi connectivity index (χ4v) is 2.99. The van der Waals surface area contributed by atoms with Gasteiger partial charge in [-0.2, -0.15) is 0 Å². The van der Waals surface area contributed by atoms with Gasteiger partial charge in [-0.25, -0.2) is 4.99 Å². The van der Waals surface area contributed by atoms with Crippen LogP contribution in [0.4, 0.5) is 11.4 Å². The molecular formula is C23H23N3O2S. The molecule has 0 atom stereocenters. The SMILES string of the molecule is COc1ccccc1N=CN(C(=S)NCc1ccccc1)c1ccccc1OC. The van der Waals surface area contributed by atoms with Crippen molar-refractivity contribution in [2.45, 2.75) is 6.54 Å². The third kappa shape index (κ3) is 5.33. The Labute approximate surface area is 176 Å². The molecule has 6 heteroatoms. The first-order valence-electron chi connectivity index (χ1n) is 9.14. The van der Waals surface area contributed by atoms with Crippen LogP contribution in [0.1, 0.15) is 5.56 Å². The van der Waals surface area contributed by atoms with E-state index in [1.54, 1.807) is 25.5 Å². The van der Waals surface area contributed by atoms with E-state index in [0.717, 1.165) is 11.3 Å². The molecule has 5 nitrogen and oxygen atoms in total. The number of benzene rings is 3. The molecule has 0 fully saturated rings. The summed E-state index contributed by atoms with van der Waals surface area (Å²) < 4.78 is 10.9. The first-order chi connectivity index (χ1) is 14.2. The monoisotopic (exact) mass is 405 g/mol. The van der Waals surface area contributed by atoms with Crippen molar-refractivity contribution < 1.29 is 9.47 Å². The van der Waals surface area contributed by atoms with Gasteiger partial charge >= 0.3 is 0 Å². The van der Waals surface area contributed by atoms with E-state index in [4.69, 9.17) is 21.7 Å². The van der Waals surface area contributed by atoms with Crippen LogP contribution in [-0.4, -0.2) is 25.7 Å². The molecule has 148 valence electrons. The maximum atomic E-state index is 5.68. The summed E-state index contributed by atoms with van der Waals surface area (Å²) >= 11 is 5.68. The fourth-order valence-electron chi connectivity index (χ4n) is 2.77. The van der Waals surface area contributed by atoms with Crippen molar-refractivity contribution in [2.75, 3.05) is 19.1 Å². The van der Waals surface area contributed by atoms with Crippen molar-refractivity contribution in [1.29, 1.82) is 0 Å². The van der Waals surface area contributed by atoms with Gasteiger partial charge in [0.25, 0.3) is 0 Å². The van der Waals surface area contributed by atoms with Crippen molar-refractivity contribution in [3.8, 4) is 11.5 Å². The molecule has 0 saturated heterocycles. The van der Waals surface area contributed by atoms with Crippen LogP contribution in [0, 0.1) is 0 Å². The van der Waals surface area contributed by atoms with E-state index in [9.17, 15) is 0 Å². The molecule has 0 saturated carbocycles. The Morgan fingerprint density at radius 1 is 0.897 bits per heavy atom. The number of rotatable bonds is 7. The average molecular weight is 406 g/mol. The predicted octanol–water partition coefficient (Wildman–Crippen LogP) is 4.94. The highest BCUT2D eigenvalue weighted by atomic mass is 32.1. The molecule has 0 aliphatic heterocycles. The van der Waals surface area contributed by atoms with Crippen LogP contribution >= 0.6 is 12.2 Å². The number of hydrogen-bond donors (Lipinski definition) is 1. The minimum atomic E-state index is 0.511. The molecule has 0 aromatic heterocycles. The van der Waals surface area contributed by atoms with Gasteiger partial charge in [-0.3, -0.25) is 4.90 Å². The second kappa shape index (κ2) is 10.2. The van der Waals surface area contributed by atoms with E-state index in [-0.39, 0.29) is 0 Å². The van der Waals surface area contributed by atoms with Gasteiger partial charge in [0, 0.05) is 6.54 Å². The maximum Gasteiger partial charge on any atom is 0.179 e. The lowest BCUT2D eigenvalue weighted by molar-refractivity contribution is 0.416. The molecule has 0 heterocycles. The minimum Gasteiger partial charge on any atom is -0.495 e. The Morgan fingerprint density at radius 3 is 2.24 bits per heavy atom. The number of nitrogens with one attached hydrogen (secondary N) is 1. The Bertz CT molecular complexity index is 977. The number of ether oxygens (including phenoxy) is 2. The van der Waals surface area contributed by atoms with E-state index in [0.29, 0.717) is 28.8 Å². The fraction of sp³-hybridized carbons (Fsp3) is 0.130. The minimum absolute atomic E-state index is 0.511. The van der Waals surface area contributed by atoms with E-state index in [2.05, 4.69) is 10.3 Å². The van der Waals surface area contributed by atoms with Crippen LogP contribution in [0.2, 0.25) is 0 Å². The number of methoxy groups -OCH3 is 2. The molecule has 1 N–H and O–H groups in total. The highest BCUT2D eigenvalue weighted by Gasteiger charge is 2.15. The Kier molecular flexibility index (Phi) is 7.19. The first-order valence-corrected chi connectivity index (χ1v) is 9.55. The second-order valence-electron chi connectivity index (χ2n) is 6.10. The van der Waals surface area contributed by atoms with E-state index in [1.807, 2.05) is 78.9 Å². The van der Waals surface area contributed by atoms with E-state index >= 15 is 0 Å². The number of thiocarbonyl (C=S) groups is 1. The molecule has 0 bridgehead atoms. The smallest absolute Gasteiger partial charge is 0.179 e. The Hall–Kier alpha value is -3.38. The maximum absolute atomic E-state index is 5.68. The molecule has 29 heavy (non-hydrogen) atoms. The van der Waals surface area contributed by atoms with Crippen LogP contribution in [0.15, 0.2) is 83.9 Å². The third-order valence-electron chi connectivity index (χ3n) is 4.25. The Morgan fingerprint density at radius 2 is 1.52 bits per heavy atom. The summed E-state index contributed by atoms with van der Waals surface area (Å²) in [4.78, 5) is 6.39. The Balaban J connectivity index is 1.89. The molecular weight excluding hydrogens is 382 g/mol. The summed E-state index contributed by atoms with van der Waals surface area (Å²) in [6.45, 7) is 0.605. The van der Waals surface area contributed by atoms with Gasteiger partial charge in [0.2, 0.25) is 0 Å². The van der Waals surface area contributed by atoms with Gasteiger partial charge in [0.15, 0.2) is 5.11 Å². The van der Waals surface area contributed by atoms with Crippen LogP contribution in [0.25, 0.3) is 0 Å². The van der Waals surface area contributed by atoms with Gasteiger partial charge < -0.3 is 14.8 Å². The van der Waals surface area contributed by atoms with Gasteiger partial charge in [-0.05, 0) is 42.0 Å². The zero-order valence-corrected chi connectivity index (χ0v) is 17.2. The van der Waals surface area contributed by atoms with Gasteiger partial charge in [0.05, 0.1) is 19.9 Å². The largest absolute Gasteiger partial charge is 0.495 e. The summed E-state index contributed by atoms with van der Waals surface area (Å²) in [6.07, 6.45) is 1.68. The first kappa shape index (κ1) is 20.4. The molecule has 0 spiro atoms. The average Bonchev–Trinajstić information content (AvgIpc) is 2.79. The summed E-state index contributed by atoms with van der Waals surface area (Å²) in [5.74, 6) is 1.38. The molecule has 0 aliphatic carbocycles. The number of para-hydroxylation sites is 4. The van der Waals surface area contributed by atoms with Crippen molar-refractivity contribution in [1.82, 2.24) is 5.32 Å². The number of hydrogen-bond acceptors (Lipinski definition) is 4. The van der Waals surface area contributed by atoms with Gasteiger partial charge in [-0.15, -0.1) is 0 Å². The van der Waals surface area contributed by atoms with Crippen molar-refractivity contribution in [3.63, 3.8) is 0 Å². The predicted molar refractivity (Wildman–Crippen MR) is 122 cm³/mol. The molecule has 3 aromatic rings. The normalized spacial score (nSPS) is 10.6. The van der Waals surface area contributed by atoms with Crippen LogP contribution in [-0.2, 0) is 6.54 Å². The topological polar surface area (TPSA) is 46.1 Å². The lowest BCUT2D eigenvalue weighted by Crippen LogP contribution is -2.38. The number of nitrogens with zero attached hydrogens (tertiary/aromatic N) is 2. The second-order valence-corrected chi connectivity index (χ2v) is 6.49. The van der Waals surface area contributed by atoms with Crippen molar-refractivity contribution in [2.24, 2.45) is 4.99 Å². The zero-order valence-electron chi connectivity index (χ0n) is 16.4. The van der Waals surface area contributed by atoms with Crippen molar-refractivity contribution in [3.05, 3.63) is 84.4 Å². The van der Waals surface area contributed by atoms with Crippen LogP contribution in [0.5, 0.6) is 11.5 Å². The highest BCUT2D eigenvalue weighted by Crippen LogP contribution is 2.29. The summed E-state index contributed by atoms with van der Waals surface area (Å²) in [7, 11) is 3.26. The molecule has 0 radical (unpaired) electrons. The van der Waals surface area contributed by atoms with Gasteiger partial charge in [0.1, 0.15) is 23.5 Å². The standard InChI is InChI=1S/C23H23N3O2S/c1-27-21-14-8-6-12-19(21)25-17-26(20-13-7-9-15-22(20)28-2)23(29)24-16-18-10-4-3-5-11-18/h3-15,17H,16H2,1-2H3,(H,24,29). The molecule has 0 unspecified atom stereocenters. The summed E-state index contributed by atoms with van der Waals surface area (Å²) in [5.41, 5.74) is 2.64. The lowest BCUT2D eigenvalue weighted by atomic mass is 10.2. The molecule has 0 amide bonds. The third-order valence-corrected chi connectivity index (χ3v) is 4.59. The number of aliphatic imine (C=N–C) groups is 1. The summed E-state index contributed by atoms with van der Waals surface area (Å²) in [6, 6.07) is 25.3. The summed E-state index contributed by atoms with van der Waals surface area (Å²) in [5, 5.41) is 3.80. The van der Waals surface area contributed by atoms with Gasteiger partial charge in [-0.1, -0.05) is 54.6 Å². The quantitative estimate of drug-likeness (QED) is 0.343. The van der Waals surface area contributed by atoms with E-state index in [1.165, 1.54) is 0 Å². The molecule has 0 aliphatic rings. The van der Waals surface area contributed by atoms with Crippen LogP contribution < -0.4 is 19.7 Å². The van der Waals surface area contributed by atoms with Crippen molar-refractivity contribution >= 4 is 35.0 Å². The molecule has 3 rings (SSSR count). The van der Waals surface area contributed by atoms with E-state index < -0.39 is 0 Å². The highest BCUT2D eigenvalue weighted by molar-refractivity contribution is 7.80. The zero-order chi connectivity index (χ0) is 20.5. The van der Waals surface area contributed by atoms with Crippen LogP contribution in [0.3, 0.4) is 0 Å².